The van der Waals surface area contributed by atoms with Gasteiger partial charge in [-0.25, -0.2) is 9.97 Å². The number of aromatic nitrogens is 3. The molecule has 4 rings (SSSR count). The van der Waals surface area contributed by atoms with Crippen molar-refractivity contribution in [1.29, 1.82) is 0 Å². The second-order valence-corrected chi connectivity index (χ2v) is 7.02. The van der Waals surface area contributed by atoms with E-state index in [0.717, 1.165) is 28.9 Å². The normalized spacial score (nSPS) is 10.6. The third-order valence-corrected chi connectivity index (χ3v) is 4.87. The lowest BCUT2D eigenvalue weighted by Crippen LogP contribution is -2.15. The van der Waals surface area contributed by atoms with Gasteiger partial charge in [0.2, 0.25) is 5.95 Å². The summed E-state index contributed by atoms with van der Waals surface area (Å²) in [4.78, 5) is 21.5. The molecule has 6 nitrogen and oxygen atoms in total. The number of hydrogen-bond acceptors (Lipinski definition) is 4. The molecule has 1 amide bonds. The predicted octanol–water partition coefficient (Wildman–Crippen LogP) is 5.04. The highest BCUT2D eigenvalue weighted by Crippen LogP contribution is 2.22. The SMILES string of the molecule is CCc1ccc(NC(=O)c2cc(-c3cnc(Nc4ccccc4)nc3)cn2C)cc1. The average molecular weight is 397 g/mol. The summed E-state index contributed by atoms with van der Waals surface area (Å²) in [6.45, 7) is 2.10. The molecule has 0 atom stereocenters. The Labute approximate surface area is 175 Å². The van der Waals surface area contributed by atoms with E-state index in [4.69, 9.17) is 0 Å². The molecule has 0 saturated carbocycles. The zero-order valence-electron chi connectivity index (χ0n) is 17.0. The van der Waals surface area contributed by atoms with Crippen molar-refractivity contribution < 1.29 is 4.79 Å². The van der Waals surface area contributed by atoms with Crippen molar-refractivity contribution in [1.82, 2.24) is 14.5 Å². The van der Waals surface area contributed by atoms with Gasteiger partial charge in [-0.05, 0) is 42.3 Å². The Morgan fingerprint density at radius 1 is 0.933 bits per heavy atom. The van der Waals surface area contributed by atoms with Crippen LogP contribution in [0.2, 0.25) is 0 Å². The molecule has 4 aromatic rings. The van der Waals surface area contributed by atoms with Crippen molar-refractivity contribution in [2.75, 3.05) is 10.6 Å². The number of benzene rings is 2. The van der Waals surface area contributed by atoms with E-state index in [-0.39, 0.29) is 5.91 Å². The van der Waals surface area contributed by atoms with Gasteiger partial charge in [0, 0.05) is 48.1 Å². The van der Waals surface area contributed by atoms with Crippen molar-refractivity contribution in [2.24, 2.45) is 7.05 Å². The van der Waals surface area contributed by atoms with E-state index < -0.39 is 0 Å². The molecule has 6 heteroatoms. The number of nitrogens with zero attached hydrogens (tertiary/aromatic N) is 3. The number of nitrogens with one attached hydrogen (secondary N) is 2. The average Bonchev–Trinajstić information content (AvgIpc) is 3.17. The highest BCUT2D eigenvalue weighted by Gasteiger charge is 2.14. The summed E-state index contributed by atoms with van der Waals surface area (Å²) >= 11 is 0. The molecule has 0 aliphatic rings. The number of rotatable bonds is 6. The minimum atomic E-state index is -0.156. The molecule has 2 aromatic carbocycles. The first-order valence-electron chi connectivity index (χ1n) is 9.83. The highest BCUT2D eigenvalue weighted by atomic mass is 16.1. The predicted molar refractivity (Wildman–Crippen MR) is 120 cm³/mol. The van der Waals surface area contributed by atoms with Crippen LogP contribution >= 0.6 is 0 Å². The van der Waals surface area contributed by atoms with Crippen molar-refractivity contribution in [3.8, 4) is 11.1 Å². The van der Waals surface area contributed by atoms with E-state index in [1.54, 1.807) is 17.0 Å². The van der Waals surface area contributed by atoms with Crippen LogP contribution < -0.4 is 10.6 Å². The molecule has 150 valence electrons. The Bertz CT molecular complexity index is 1130. The van der Waals surface area contributed by atoms with Crippen molar-refractivity contribution in [3.63, 3.8) is 0 Å². The van der Waals surface area contributed by atoms with E-state index in [0.29, 0.717) is 11.6 Å². The van der Waals surface area contributed by atoms with E-state index in [2.05, 4.69) is 27.5 Å². The second kappa shape index (κ2) is 8.61. The van der Waals surface area contributed by atoms with Gasteiger partial charge >= 0.3 is 0 Å². The Hall–Kier alpha value is -3.93. The van der Waals surface area contributed by atoms with E-state index >= 15 is 0 Å². The third kappa shape index (κ3) is 4.38. The highest BCUT2D eigenvalue weighted by molar-refractivity contribution is 6.04. The van der Waals surface area contributed by atoms with E-state index in [1.807, 2.05) is 73.9 Å². The number of carbonyl (C=O) groups is 1. The van der Waals surface area contributed by atoms with Crippen molar-refractivity contribution in [3.05, 3.63) is 90.5 Å². The zero-order chi connectivity index (χ0) is 20.9. The van der Waals surface area contributed by atoms with Crippen LogP contribution in [0.1, 0.15) is 23.0 Å². The summed E-state index contributed by atoms with van der Waals surface area (Å²) < 4.78 is 1.81. The fourth-order valence-corrected chi connectivity index (χ4v) is 3.16. The van der Waals surface area contributed by atoms with Gasteiger partial charge < -0.3 is 15.2 Å². The van der Waals surface area contributed by atoms with Gasteiger partial charge in [-0.1, -0.05) is 37.3 Å². The monoisotopic (exact) mass is 397 g/mol. The lowest BCUT2D eigenvalue weighted by Gasteiger charge is -2.06. The summed E-state index contributed by atoms with van der Waals surface area (Å²) in [5.41, 5.74) is 5.23. The topological polar surface area (TPSA) is 71.8 Å². The van der Waals surface area contributed by atoms with Gasteiger partial charge in [0.1, 0.15) is 5.69 Å². The number of amides is 1. The van der Waals surface area contributed by atoms with Crippen LogP contribution in [-0.4, -0.2) is 20.4 Å². The Morgan fingerprint density at radius 3 is 2.30 bits per heavy atom. The first kappa shape index (κ1) is 19.4. The number of hydrogen-bond donors (Lipinski definition) is 2. The Kier molecular flexibility index (Phi) is 5.57. The lowest BCUT2D eigenvalue weighted by molar-refractivity contribution is 0.101. The maximum absolute atomic E-state index is 12.7. The van der Waals surface area contributed by atoms with Crippen molar-refractivity contribution in [2.45, 2.75) is 13.3 Å². The Balaban J connectivity index is 1.48. The summed E-state index contributed by atoms with van der Waals surface area (Å²) in [5, 5.41) is 6.11. The molecule has 0 bridgehead atoms. The molecule has 2 heterocycles. The number of aryl methyl sites for hydroxylation is 2. The van der Waals surface area contributed by atoms with Gasteiger partial charge in [-0.3, -0.25) is 4.79 Å². The Morgan fingerprint density at radius 2 is 1.63 bits per heavy atom. The molecule has 0 radical (unpaired) electrons. The van der Waals surface area contributed by atoms with E-state index in [1.165, 1.54) is 5.56 Å². The minimum absolute atomic E-state index is 0.156. The number of anilines is 3. The van der Waals surface area contributed by atoms with Gasteiger partial charge in [0.05, 0.1) is 0 Å². The van der Waals surface area contributed by atoms with Crippen molar-refractivity contribution >= 4 is 23.2 Å². The summed E-state index contributed by atoms with van der Waals surface area (Å²) in [5.74, 6) is 0.366. The molecule has 0 fully saturated rings. The van der Waals surface area contributed by atoms with Gasteiger partial charge in [-0.2, -0.15) is 0 Å². The molecule has 2 N–H and O–H groups in total. The summed E-state index contributed by atoms with van der Waals surface area (Å²) in [6, 6.07) is 19.5. The first-order valence-corrected chi connectivity index (χ1v) is 9.83. The lowest BCUT2D eigenvalue weighted by atomic mass is 10.1. The van der Waals surface area contributed by atoms with Gasteiger partial charge in [0.25, 0.3) is 5.91 Å². The molecule has 0 aliphatic carbocycles. The van der Waals surface area contributed by atoms with Crippen LogP contribution in [0.25, 0.3) is 11.1 Å². The largest absolute Gasteiger partial charge is 0.346 e. The zero-order valence-corrected chi connectivity index (χ0v) is 17.0. The molecule has 2 aromatic heterocycles. The quantitative estimate of drug-likeness (QED) is 0.478. The minimum Gasteiger partial charge on any atom is -0.346 e. The van der Waals surface area contributed by atoms with Crippen LogP contribution in [0.15, 0.2) is 79.3 Å². The standard InChI is InChI=1S/C24H23N5O/c1-3-17-9-11-21(12-10-17)27-23(30)22-13-18(16-29(22)2)19-14-25-24(26-15-19)28-20-7-5-4-6-8-20/h4-16H,3H2,1-2H3,(H,27,30)(H,25,26,28). The van der Waals surface area contributed by atoms with Gasteiger partial charge in [0.15, 0.2) is 0 Å². The maximum atomic E-state index is 12.7. The smallest absolute Gasteiger partial charge is 0.272 e. The van der Waals surface area contributed by atoms with Crippen LogP contribution in [0.4, 0.5) is 17.3 Å². The molecule has 30 heavy (non-hydrogen) atoms. The fourth-order valence-electron chi connectivity index (χ4n) is 3.16. The van der Waals surface area contributed by atoms with Crippen LogP contribution in [0, 0.1) is 0 Å². The summed E-state index contributed by atoms with van der Waals surface area (Å²) in [6.07, 6.45) is 6.37. The molecule has 0 spiro atoms. The number of carbonyl (C=O) groups excluding carboxylic acids is 1. The second-order valence-electron chi connectivity index (χ2n) is 7.02. The molecule has 0 aliphatic heterocycles. The van der Waals surface area contributed by atoms with Gasteiger partial charge in [-0.15, -0.1) is 0 Å². The van der Waals surface area contributed by atoms with Crippen LogP contribution in [-0.2, 0) is 13.5 Å². The number of para-hydroxylation sites is 1. The van der Waals surface area contributed by atoms with Crippen LogP contribution in [0.3, 0.4) is 0 Å². The van der Waals surface area contributed by atoms with Crippen LogP contribution in [0.5, 0.6) is 0 Å². The molecule has 0 saturated heterocycles. The first-order chi connectivity index (χ1) is 14.6. The van der Waals surface area contributed by atoms with E-state index in [9.17, 15) is 4.79 Å². The molecular weight excluding hydrogens is 374 g/mol. The summed E-state index contributed by atoms with van der Waals surface area (Å²) in [7, 11) is 1.85. The molecular formula is C24H23N5O. The fraction of sp³-hybridized carbons (Fsp3) is 0.125. The molecule has 0 unspecified atom stereocenters. The maximum Gasteiger partial charge on any atom is 0.272 e. The third-order valence-electron chi connectivity index (χ3n) is 4.87.